The average molecular weight is 405 g/mol. The number of ether oxygens (including phenoxy) is 1. The number of benzene rings is 3. The van der Waals surface area contributed by atoms with Crippen molar-refractivity contribution in [2.75, 3.05) is 6.61 Å². The summed E-state index contributed by atoms with van der Waals surface area (Å²) >= 11 is 6.01. The van der Waals surface area contributed by atoms with Crippen molar-refractivity contribution < 1.29 is 14.3 Å². The molecule has 1 aromatic heterocycles. The second-order valence-electron chi connectivity index (χ2n) is 6.51. The molecule has 0 N–H and O–H groups in total. The standard InChI is InChI=1S/C23H17ClN2O3/c1-15-25-20-13-16(11-12-21(20)26(15)17-7-3-2-4-8-17)23(28)29-14-22(27)18-9-5-6-10-19(18)24/h2-13H,14H2,1H3. The molecule has 0 aliphatic carbocycles. The number of halogens is 1. The molecule has 0 spiro atoms. The summed E-state index contributed by atoms with van der Waals surface area (Å²) in [7, 11) is 0. The van der Waals surface area contributed by atoms with Crippen molar-refractivity contribution >= 4 is 34.4 Å². The molecule has 0 saturated carbocycles. The fraction of sp³-hybridized carbons (Fsp3) is 0.0870. The summed E-state index contributed by atoms with van der Waals surface area (Å²) in [4.78, 5) is 29.2. The molecule has 5 nitrogen and oxygen atoms in total. The Morgan fingerprint density at radius 1 is 1.00 bits per heavy atom. The normalized spacial score (nSPS) is 10.8. The highest BCUT2D eigenvalue weighted by Crippen LogP contribution is 2.23. The van der Waals surface area contributed by atoms with Crippen LogP contribution < -0.4 is 0 Å². The number of para-hydroxylation sites is 1. The number of carbonyl (C=O) groups excluding carboxylic acids is 2. The van der Waals surface area contributed by atoms with E-state index in [9.17, 15) is 9.59 Å². The van der Waals surface area contributed by atoms with Gasteiger partial charge in [-0.25, -0.2) is 9.78 Å². The van der Waals surface area contributed by atoms with E-state index < -0.39 is 5.97 Å². The SMILES string of the molecule is Cc1nc2cc(C(=O)OCC(=O)c3ccccc3Cl)ccc2n1-c1ccccc1. The Labute approximate surface area is 172 Å². The molecule has 0 fully saturated rings. The predicted octanol–water partition coefficient (Wildman–Crippen LogP) is 5.03. The molecule has 0 atom stereocenters. The lowest BCUT2D eigenvalue weighted by Crippen LogP contribution is -2.14. The molecule has 3 aromatic carbocycles. The van der Waals surface area contributed by atoms with Gasteiger partial charge in [-0.15, -0.1) is 0 Å². The van der Waals surface area contributed by atoms with Crippen molar-refractivity contribution in [3.05, 3.63) is 94.8 Å². The van der Waals surface area contributed by atoms with Crippen LogP contribution in [0.2, 0.25) is 5.02 Å². The van der Waals surface area contributed by atoms with Crippen LogP contribution in [0, 0.1) is 6.92 Å². The summed E-state index contributed by atoms with van der Waals surface area (Å²) in [5.41, 5.74) is 3.22. The van der Waals surface area contributed by atoms with Crippen LogP contribution in [-0.2, 0) is 4.74 Å². The van der Waals surface area contributed by atoms with E-state index in [2.05, 4.69) is 4.98 Å². The Morgan fingerprint density at radius 3 is 2.48 bits per heavy atom. The van der Waals surface area contributed by atoms with Crippen LogP contribution in [-0.4, -0.2) is 27.9 Å². The van der Waals surface area contributed by atoms with Gasteiger partial charge in [0.25, 0.3) is 0 Å². The van der Waals surface area contributed by atoms with Crippen molar-refractivity contribution in [3.63, 3.8) is 0 Å². The van der Waals surface area contributed by atoms with E-state index in [1.54, 1.807) is 36.4 Å². The predicted molar refractivity (Wildman–Crippen MR) is 112 cm³/mol. The maximum atomic E-state index is 12.4. The van der Waals surface area contributed by atoms with Crippen molar-refractivity contribution in [1.82, 2.24) is 9.55 Å². The van der Waals surface area contributed by atoms with Gasteiger partial charge in [0.2, 0.25) is 5.78 Å². The number of imidazole rings is 1. The Hall–Kier alpha value is -3.44. The zero-order valence-electron chi connectivity index (χ0n) is 15.6. The fourth-order valence-electron chi connectivity index (χ4n) is 3.21. The number of carbonyl (C=O) groups is 2. The number of nitrogens with zero attached hydrogens (tertiary/aromatic N) is 2. The maximum Gasteiger partial charge on any atom is 0.338 e. The minimum atomic E-state index is -0.584. The molecule has 6 heteroatoms. The van der Waals surface area contributed by atoms with Gasteiger partial charge in [0.1, 0.15) is 5.82 Å². The van der Waals surface area contributed by atoms with Crippen LogP contribution >= 0.6 is 11.6 Å². The van der Waals surface area contributed by atoms with Crippen molar-refractivity contribution in [1.29, 1.82) is 0 Å². The molecule has 4 aromatic rings. The summed E-state index contributed by atoms with van der Waals surface area (Å²) in [5, 5.41) is 0.330. The number of aryl methyl sites for hydroxylation is 1. The quantitative estimate of drug-likeness (QED) is 0.346. The highest BCUT2D eigenvalue weighted by molar-refractivity contribution is 6.34. The minimum absolute atomic E-state index is 0.328. The van der Waals surface area contributed by atoms with Gasteiger partial charge >= 0.3 is 5.97 Å². The third-order valence-corrected chi connectivity index (χ3v) is 4.91. The Bertz CT molecular complexity index is 1220. The average Bonchev–Trinajstić information content (AvgIpc) is 3.07. The summed E-state index contributed by atoms with van der Waals surface area (Å²) in [6, 6.07) is 21.7. The Kier molecular flexibility index (Phi) is 5.14. The topological polar surface area (TPSA) is 61.2 Å². The Balaban J connectivity index is 1.55. The van der Waals surface area contributed by atoms with Gasteiger partial charge in [-0.1, -0.05) is 41.9 Å². The molecular formula is C23H17ClN2O3. The molecule has 0 unspecified atom stereocenters. The van der Waals surface area contributed by atoms with E-state index in [0.717, 1.165) is 17.0 Å². The molecule has 0 aliphatic heterocycles. The van der Waals surface area contributed by atoms with E-state index >= 15 is 0 Å². The van der Waals surface area contributed by atoms with Gasteiger partial charge in [0.05, 0.1) is 21.6 Å². The number of ketones is 1. The zero-order chi connectivity index (χ0) is 20.4. The first kappa shape index (κ1) is 18.9. The van der Waals surface area contributed by atoms with Crippen molar-refractivity contribution in [2.24, 2.45) is 0 Å². The van der Waals surface area contributed by atoms with Gasteiger partial charge < -0.3 is 4.74 Å². The lowest BCUT2D eigenvalue weighted by molar-refractivity contribution is 0.0475. The fourth-order valence-corrected chi connectivity index (χ4v) is 3.45. The van der Waals surface area contributed by atoms with E-state index in [-0.39, 0.29) is 12.4 Å². The van der Waals surface area contributed by atoms with E-state index in [4.69, 9.17) is 16.3 Å². The van der Waals surface area contributed by atoms with E-state index in [1.807, 2.05) is 47.9 Å². The van der Waals surface area contributed by atoms with Gasteiger partial charge in [0, 0.05) is 11.3 Å². The van der Waals surface area contributed by atoms with E-state index in [0.29, 0.717) is 21.7 Å². The van der Waals surface area contributed by atoms with Crippen molar-refractivity contribution in [3.8, 4) is 5.69 Å². The number of esters is 1. The summed E-state index contributed by atoms with van der Waals surface area (Å²) < 4.78 is 7.21. The molecule has 0 aliphatic rings. The lowest BCUT2D eigenvalue weighted by atomic mass is 10.1. The molecular weight excluding hydrogens is 388 g/mol. The minimum Gasteiger partial charge on any atom is -0.454 e. The molecule has 144 valence electrons. The third-order valence-electron chi connectivity index (χ3n) is 4.58. The first-order valence-corrected chi connectivity index (χ1v) is 9.42. The number of rotatable bonds is 5. The summed E-state index contributed by atoms with van der Waals surface area (Å²) in [5.74, 6) is -0.126. The van der Waals surface area contributed by atoms with Gasteiger partial charge in [-0.05, 0) is 49.4 Å². The summed E-state index contributed by atoms with van der Waals surface area (Å²) in [6.45, 7) is 1.53. The van der Waals surface area contributed by atoms with Crippen LogP contribution in [0.3, 0.4) is 0 Å². The van der Waals surface area contributed by atoms with Crippen LogP contribution in [0.5, 0.6) is 0 Å². The molecule has 0 amide bonds. The lowest BCUT2D eigenvalue weighted by Gasteiger charge is -2.07. The number of fused-ring (bicyclic) bond motifs is 1. The number of Topliss-reactive ketones (excluding diaryl/α,β-unsaturated/α-hetero) is 1. The van der Waals surface area contributed by atoms with E-state index in [1.165, 1.54) is 0 Å². The monoisotopic (exact) mass is 404 g/mol. The van der Waals surface area contributed by atoms with Gasteiger partial charge in [-0.3, -0.25) is 9.36 Å². The number of aromatic nitrogens is 2. The van der Waals surface area contributed by atoms with Gasteiger partial charge in [0.15, 0.2) is 6.61 Å². The number of hydrogen-bond acceptors (Lipinski definition) is 4. The smallest absolute Gasteiger partial charge is 0.338 e. The largest absolute Gasteiger partial charge is 0.454 e. The third kappa shape index (κ3) is 3.77. The van der Waals surface area contributed by atoms with Crippen LogP contribution in [0.4, 0.5) is 0 Å². The van der Waals surface area contributed by atoms with Gasteiger partial charge in [-0.2, -0.15) is 0 Å². The first-order valence-electron chi connectivity index (χ1n) is 9.04. The van der Waals surface area contributed by atoms with Crippen molar-refractivity contribution in [2.45, 2.75) is 6.92 Å². The summed E-state index contributed by atoms with van der Waals surface area (Å²) in [6.07, 6.45) is 0. The number of hydrogen-bond donors (Lipinski definition) is 0. The zero-order valence-corrected chi connectivity index (χ0v) is 16.4. The van der Waals surface area contributed by atoms with Crippen LogP contribution in [0.1, 0.15) is 26.5 Å². The molecule has 29 heavy (non-hydrogen) atoms. The molecule has 0 saturated heterocycles. The second-order valence-corrected chi connectivity index (χ2v) is 6.92. The first-order chi connectivity index (χ1) is 14.0. The molecule has 0 radical (unpaired) electrons. The van der Waals surface area contributed by atoms with Crippen LogP contribution in [0.25, 0.3) is 16.7 Å². The molecule has 4 rings (SSSR count). The Morgan fingerprint density at radius 2 is 1.72 bits per heavy atom. The molecule has 0 bridgehead atoms. The highest BCUT2D eigenvalue weighted by Gasteiger charge is 2.16. The molecule has 1 heterocycles. The second kappa shape index (κ2) is 7.89. The maximum absolute atomic E-state index is 12.4. The van der Waals surface area contributed by atoms with Crippen LogP contribution in [0.15, 0.2) is 72.8 Å². The highest BCUT2D eigenvalue weighted by atomic mass is 35.5.